The van der Waals surface area contributed by atoms with Gasteiger partial charge in [-0.15, -0.1) is 0 Å². The number of amides is 2. The average molecular weight is 329 g/mol. The zero-order chi connectivity index (χ0) is 17.4. The monoisotopic (exact) mass is 329 g/mol. The first-order valence-corrected chi connectivity index (χ1v) is 8.06. The molecule has 2 aromatic rings. The molecule has 0 unspecified atom stereocenters. The Balaban J connectivity index is 2.00. The lowest BCUT2D eigenvalue weighted by molar-refractivity contribution is -0.116. The Hall–Kier alpha value is -2.67. The van der Waals surface area contributed by atoms with E-state index in [-0.39, 0.29) is 11.6 Å². The van der Waals surface area contributed by atoms with Crippen molar-refractivity contribution >= 4 is 17.5 Å². The van der Waals surface area contributed by atoms with E-state index < -0.39 is 5.91 Å². The first kappa shape index (κ1) is 17.7. The van der Waals surface area contributed by atoms with Gasteiger partial charge in [-0.1, -0.05) is 25.0 Å². The summed E-state index contributed by atoms with van der Waals surface area (Å²) in [5.41, 5.74) is 12.2. The topological polar surface area (TPSA) is 116 Å². The average Bonchev–Trinajstić information content (AvgIpc) is 3.05. The van der Waals surface area contributed by atoms with Crippen LogP contribution in [0.15, 0.2) is 36.5 Å². The number of hydrogen-bond acceptors (Lipinski definition) is 4. The fourth-order valence-electron chi connectivity index (χ4n) is 2.36. The van der Waals surface area contributed by atoms with Crippen molar-refractivity contribution in [2.24, 2.45) is 11.5 Å². The predicted octanol–water partition coefficient (Wildman–Crippen LogP) is 1.82. The van der Waals surface area contributed by atoms with Crippen LogP contribution in [0.1, 0.15) is 42.6 Å². The zero-order valence-electron chi connectivity index (χ0n) is 13.6. The van der Waals surface area contributed by atoms with E-state index in [1.807, 2.05) is 18.2 Å². The molecule has 128 valence electrons. The molecule has 0 aliphatic heterocycles. The highest BCUT2D eigenvalue weighted by Crippen LogP contribution is 2.20. The van der Waals surface area contributed by atoms with Gasteiger partial charge >= 0.3 is 0 Å². The minimum Gasteiger partial charge on any atom is -0.364 e. The molecule has 7 nitrogen and oxygen atoms in total. The van der Waals surface area contributed by atoms with Gasteiger partial charge in [-0.2, -0.15) is 5.10 Å². The summed E-state index contributed by atoms with van der Waals surface area (Å²) in [6.45, 7) is 0.691. The third-order valence-corrected chi connectivity index (χ3v) is 3.62. The minimum atomic E-state index is -0.590. The van der Waals surface area contributed by atoms with Crippen LogP contribution in [0.3, 0.4) is 0 Å². The SMILES string of the molecule is NCCCCCCC(=O)Nc1ccccc1-n1ccc(C(N)=O)n1. The Labute approximate surface area is 141 Å². The number of carbonyl (C=O) groups excluding carboxylic acids is 2. The molecule has 5 N–H and O–H groups in total. The van der Waals surface area contributed by atoms with E-state index in [2.05, 4.69) is 10.4 Å². The number of para-hydroxylation sites is 2. The smallest absolute Gasteiger partial charge is 0.269 e. The first-order chi connectivity index (χ1) is 11.6. The number of rotatable bonds is 9. The van der Waals surface area contributed by atoms with Gasteiger partial charge in [0.2, 0.25) is 5.91 Å². The number of carbonyl (C=O) groups is 2. The van der Waals surface area contributed by atoms with Crippen molar-refractivity contribution in [2.45, 2.75) is 32.1 Å². The Morgan fingerprint density at radius 1 is 1.08 bits per heavy atom. The van der Waals surface area contributed by atoms with Crippen molar-refractivity contribution in [3.8, 4) is 5.69 Å². The van der Waals surface area contributed by atoms with Crippen LogP contribution in [0, 0.1) is 0 Å². The van der Waals surface area contributed by atoms with E-state index in [4.69, 9.17) is 11.5 Å². The van der Waals surface area contributed by atoms with Gasteiger partial charge in [-0.3, -0.25) is 9.59 Å². The van der Waals surface area contributed by atoms with E-state index in [9.17, 15) is 9.59 Å². The van der Waals surface area contributed by atoms with E-state index in [1.54, 1.807) is 18.3 Å². The second kappa shape index (κ2) is 8.83. The van der Waals surface area contributed by atoms with Crippen LogP contribution in [-0.4, -0.2) is 28.1 Å². The molecule has 0 fully saturated rings. The Morgan fingerprint density at radius 2 is 1.83 bits per heavy atom. The largest absolute Gasteiger partial charge is 0.364 e. The van der Waals surface area contributed by atoms with Crippen LogP contribution in [0.25, 0.3) is 5.69 Å². The lowest BCUT2D eigenvalue weighted by Crippen LogP contribution is -2.14. The summed E-state index contributed by atoms with van der Waals surface area (Å²) in [6, 6.07) is 8.82. The number of nitrogens with one attached hydrogen (secondary N) is 1. The van der Waals surface area contributed by atoms with Gasteiger partial charge in [-0.25, -0.2) is 4.68 Å². The Bertz CT molecular complexity index is 696. The standard InChI is InChI=1S/C17H23N5O2/c18-11-6-2-1-3-9-16(23)20-13-7-4-5-8-15(13)22-12-10-14(21-22)17(19)24/h4-5,7-8,10,12H,1-3,6,9,11,18H2,(H2,19,24)(H,20,23). The molecule has 0 radical (unpaired) electrons. The van der Waals surface area contributed by atoms with Gasteiger partial charge in [0, 0.05) is 12.6 Å². The molecule has 0 saturated carbocycles. The molecule has 24 heavy (non-hydrogen) atoms. The van der Waals surface area contributed by atoms with E-state index in [0.717, 1.165) is 25.7 Å². The van der Waals surface area contributed by atoms with E-state index in [0.29, 0.717) is 24.3 Å². The minimum absolute atomic E-state index is 0.0440. The lowest BCUT2D eigenvalue weighted by atomic mass is 10.1. The summed E-state index contributed by atoms with van der Waals surface area (Å²) in [5, 5.41) is 7.02. The lowest BCUT2D eigenvalue weighted by Gasteiger charge is -2.11. The number of benzene rings is 1. The number of nitrogens with zero attached hydrogens (tertiary/aromatic N) is 2. The van der Waals surface area contributed by atoms with Crippen molar-refractivity contribution in [2.75, 3.05) is 11.9 Å². The van der Waals surface area contributed by atoms with Gasteiger partial charge < -0.3 is 16.8 Å². The third kappa shape index (κ3) is 4.92. The number of anilines is 1. The molecule has 1 heterocycles. The molecule has 2 amide bonds. The Morgan fingerprint density at radius 3 is 2.54 bits per heavy atom. The first-order valence-electron chi connectivity index (χ1n) is 8.06. The van der Waals surface area contributed by atoms with Crippen LogP contribution in [-0.2, 0) is 4.79 Å². The normalized spacial score (nSPS) is 10.5. The molecular formula is C17H23N5O2. The maximum absolute atomic E-state index is 12.1. The fraction of sp³-hybridized carbons (Fsp3) is 0.353. The van der Waals surface area contributed by atoms with Crippen molar-refractivity contribution < 1.29 is 9.59 Å². The summed E-state index contributed by atoms with van der Waals surface area (Å²) in [4.78, 5) is 23.3. The summed E-state index contributed by atoms with van der Waals surface area (Å²) in [5.74, 6) is -0.634. The van der Waals surface area contributed by atoms with Crippen molar-refractivity contribution in [1.29, 1.82) is 0 Å². The molecule has 7 heteroatoms. The van der Waals surface area contributed by atoms with Gasteiger partial charge in [-0.05, 0) is 37.6 Å². The molecule has 2 rings (SSSR count). The number of aromatic nitrogens is 2. The number of nitrogens with two attached hydrogens (primary N) is 2. The highest BCUT2D eigenvalue weighted by atomic mass is 16.2. The van der Waals surface area contributed by atoms with Crippen molar-refractivity contribution in [1.82, 2.24) is 9.78 Å². The summed E-state index contributed by atoms with van der Waals surface area (Å²) in [6.07, 6.45) is 5.97. The van der Waals surface area contributed by atoms with Gasteiger partial charge in [0.25, 0.3) is 5.91 Å². The fourth-order valence-corrected chi connectivity index (χ4v) is 2.36. The van der Waals surface area contributed by atoms with Gasteiger partial charge in [0.15, 0.2) is 0 Å². The molecule has 0 aliphatic carbocycles. The van der Waals surface area contributed by atoms with E-state index >= 15 is 0 Å². The molecule has 0 saturated heterocycles. The molecule has 0 aliphatic rings. The number of hydrogen-bond donors (Lipinski definition) is 3. The van der Waals surface area contributed by atoms with Crippen molar-refractivity contribution in [3.63, 3.8) is 0 Å². The van der Waals surface area contributed by atoms with Gasteiger partial charge in [0.05, 0.1) is 11.4 Å². The second-order valence-electron chi connectivity index (χ2n) is 5.53. The maximum atomic E-state index is 12.1. The molecule has 1 aromatic carbocycles. The second-order valence-corrected chi connectivity index (χ2v) is 5.53. The highest BCUT2D eigenvalue weighted by molar-refractivity contribution is 5.93. The van der Waals surface area contributed by atoms with Crippen LogP contribution in [0.4, 0.5) is 5.69 Å². The summed E-state index contributed by atoms with van der Waals surface area (Å²) < 4.78 is 1.52. The quantitative estimate of drug-likeness (QED) is 0.608. The van der Waals surface area contributed by atoms with Crippen LogP contribution >= 0.6 is 0 Å². The maximum Gasteiger partial charge on any atom is 0.269 e. The van der Waals surface area contributed by atoms with Gasteiger partial charge in [0.1, 0.15) is 5.69 Å². The highest BCUT2D eigenvalue weighted by Gasteiger charge is 2.11. The molecule has 1 aromatic heterocycles. The molecule has 0 atom stereocenters. The van der Waals surface area contributed by atoms with Crippen LogP contribution in [0.2, 0.25) is 0 Å². The molecular weight excluding hydrogens is 306 g/mol. The molecule has 0 spiro atoms. The van der Waals surface area contributed by atoms with Crippen molar-refractivity contribution in [3.05, 3.63) is 42.2 Å². The van der Waals surface area contributed by atoms with Crippen LogP contribution in [0.5, 0.6) is 0 Å². The van der Waals surface area contributed by atoms with E-state index in [1.165, 1.54) is 4.68 Å². The number of unbranched alkanes of at least 4 members (excludes halogenated alkanes) is 3. The summed E-state index contributed by atoms with van der Waals surface area (Å²) >= 11 is 0. The summed E-state index contributed by atoms with van der Waals surface area (Å²) in [7, 11) is 0. The third-order valence-electron chi connectivity index (χ3n) is 3.62. The number of primary amides is 1. The Kier molecular flexibility index (Phi) is 6.51. The molecule has 0 bridgehead atoms. The predicted molar refractivity (Wildman–Crippen MR) is 92.9 cm³/mol. The zero-order valence-corrected chi connectivity index (χ0v) is 13.6. The van der Waals surface area contributed by atoms with Crippen LogP contribution < -0.4 is 16.8 Å².